The Morgan fingerprint density at radius 1 is 1.20 bits per heavy atom. The number of thiazole rings is 1. The minimum atomic E-state index is -4.52. The van der Waals surface area contributed by atoms with Gasteiger partial charge in [0, 0.05) is 17.1 Å². The van der Waals surface area contributed by atoms with Gasteiger partial charge >= 0.3 is 6.18 Å². The van der Waals surface area contributed by atoms with Gasteiger partial charge in [-0.25, -0.2) is 4.98 Å². The number of anilines is 1. The standard InChI is InChI=1S/C16H9ClF3N3OS/c17-11-6-10(16(18,19)20)7-21-13(11)12-8-25-15(22-12)23-14(24)9-4-2-1-3-5-9/h1-8H,(H,22,23,24). The molecule has 0 aliphatic carbocycles. The second kappa shape index (κ2) is 6.81. The highest BCUT2D eigenvalue weighted by Crippen LogP contribution is 2.34. The Morgan fingerprint density at radius 3 is 2.56 bits per heavy atom. The number of benzene rings is 1. The van der Waals surface area contributed by atoms with E-state index in [2.05, 4.69) is 15.3 Å². The second-order valence-electron chi connectivity index (χ2n) is 4.91. The summed E-state index contributed by atoms with van der Waals surface area (Å²) in [5.41, 5.74) is -0.0720. The number of nitrogens with zero attached hydrogens (tertiary/aromatic N) is 2. The van der Waals surface area contributed by atoms with E-state index < -0.39 is 11.7 Å². The van der Waals surface area contributed by atoms with Crippen LogP contribution in [-0.4, -0.2) is 15.9 Å². The largest absolute Gasteiger partial charge is 0.417 e. The van der Waals surface area contributed by atoms with Crippen LogP contribution in [0.5, 0.6) is 0 Å². The van der Waals surface area contributed by atoms with Crippen LogP contribution >= 0.6 is 22.9 Å². The number of rotatable bonds is 3. The third-order valence-corrected chi connectivity index (χ3v) is 4.22. The summed E-state index contributed by atoms with van der Waals surface area (Å²) >= 11 is 7.02. The highest BCUT2D eigenvalue weighted by Gasteiger charge is 2.31. The van der Waals surface area contributed by atoms with Crippen molar-refractivity contribution in [2.24, 2.45) is 0 Å². The molecule has 2 heterocycles. The van der Waals surface area contributed by atoms with Crippen molar-refractivity contribution in [3.05, 3.63) is 64.1 Å². The van der Waals surface area contributed by atoms with Crippen molar-refractivity contribution in [3.8, 4) is 11.4 Å². The monoisotopic (exact) mass is 383 g/mol. The number of aromatic nitrogens is 2. The smallest absolute Gasteiger partial charge is 0.298 e. The quantitative estimate of drug-likeness (QED) is 0.682. The molecule has 0 atom stereocenters. The fourth-order valence-electron chi connectivity index (χ4n) is 1.98. The first-order valence-electron chi connectivity index (χ1n) is 6.89. The summed E-state index contributed by atoms with van der Waals surface area (Å²) in [6, 6.07) is 9.35. The highest BCUT2D eigenvalue weighted by atomic mass is 35.5. The Labute approximate surface area is 149 Å². The molecule has 3 aromatic rings. The molecule has 0 bridgehead atoms. The van der Waals surface area contributed by atoms with Gasteiger partial charge in [-0.3, -0.25) is 15.1 Å². The molecule has 2 aromatic heterocycles. The fraction of sp³-hybridized carbons (Fsp3) is 0.0625. The van der Waals surface area contributed by atoms with E-state index in [-0.39, 0.29) is 22.3 Å². The van der Waals surface area contributed by atoms with Crippen LogP contribution in [0.4, 0.5) is 18.3 Å². The van der Waals surface area contributed by atoms with Gasteiger partial charge in [0.05, 0.1) is 10.6 Å². The number of amides is 1. The molecule has 4 nitrogen and oxygen atoms in total. The number of alkyl halides is 3. The molecule has 0 aliphatic rings. The number of carbonyl (C=O) groups excluding carboxylic acids is 1. The Kier molecular flexibility index (Phi) is 4.73. The lowest BCUT2D eigenvalue weighted by atomic mass is 10.2. The summed E-state index contributed by atoms with van der Waals surface area (Å²) in [4.78, 5) is 20.0. The molecule has 25 heavy (non-hydrogen) atoms. The van der Waals surface area contributed by atoms with E-state index >= 15 is 0 Å². The van der Waals surface area contributed by atoms with Crippen LogP contribution in [0.1, 0.15) is 15.9 Å². The van der Waals surface area contributed by atoms with E-state index in [4.69, 9.17) is 11.6 Å². The molecule has 0 saturated heterocycles. The molecule has 0 saturated carbocycles. The summed E-state index contributed by atoms with van der Waals surface area (Å²) in [5.74, 6) is -0.340. The van der Waals surface area contributed by atoms with Crippen molar-refractivity contribution in [3.63, 3.8) is 0 Å². The van der Waals surface area contributed by atoms with Crippen LogP contribution in [0, 0.1) is 0 Å². The molecule has 0 radical (unpaired) electrons. The minimum absolute atomic E-state index is 0.117. The maximum atomic E-state index is 12.7. The lowest BCUT2D eigenvalue weighted by molar-refractivity contribution is -0.137. The summed E-state index contributed by atoms with van der Waals surface area (Å²) in [6.07, 6.45) is -3.82. The second-order valence-corrected chi connectivity index (χ2v) is 6.18. The van der Waals surface area contributed by atoms with Crippen LogP contribution in [0.3, 0.4) is 0 Å². The van der Waals surface area contributed by atoms with Gasteiger partial charge in [0.15, 0.2) is 5.13 Å². The zero-order valence-corrected chi connectivity index (χ0v) is 13.9. The van der Waals surface area contributed by atoms with E-state index in [1.807, 2.05) is 0 Å². The maximum absolute atomic E-state index is 12.7. The van der Waals surface area contributed by atoms with Crippen molar-refractivity contribution in [2.75, 3.05) is 5.32 Å². The van der Waals surface area contributed by atoms with Crippen molar-refractivity contribution >= 4 is 34.0 Å². The van der Waals surface area contributed by atoms with Crippen molar-refractivity contribution in [1.29, 1.82) is 0 Å². The van der Waals surface area contributed by atoms with Crippen LogP contribution in [0.15, 0.2) is 48.0 Å². The number of pyridine rings is 1. The molecule has 0 fully saturated rings. The SMILES string of the molecule is O=C(Nc1nc(-c2ncc(C(F)(F)F)cc2Cl)cs1)c1ccccc1. The minimum Gasteiger partial charge on any atom is -0.298 e. The molecule has 0 unspecified atom stereocenters. The summed E-state index contributed by atoms with van der Waals surface area (Å²) in [5, 5.41) is 4.31. The average Bonchev–Trinajstić information content (AvgIpc) is 3.03. The van der Waals surface area contributed by atoms with Crippen LogP contribution in [-0.2, 0) is 6.18 Å². The van der Waals surface area contributed by atoms with Crippen LogP contribution in [0.2, 0.25) is 5.02 Å². The summed E-state index contributed by atoms with van der Waals surface area (Å²) < 4.78 is 38.0. The number of nitrogens with one attached hydrogen (secondary N) is 1. The maximum Gasteiger partial charge on any atom is 0.417 e. The zero-order valence-electron chi connectivity index (χ0n) is 12.3. The number of carbonyl (C=O) groups is 1. The van der Waals surface area contributed by atoms with Gasteiger partial charge in [0.2, 0.25) is 0 Å². The van der Waals surface area contributed by atoms with Gasteiger partial charge in [-0.15, -0.1) is 11.3 Å². The predicted octanol–water partition coefficient (Wildman–Crippen LogP) is 5.13. The fourth-order valence-corrected chi connectivity index (χ4v) is 2.93. The number of hydrogen-bond donors (Lipinski definition) is 1. The van der Waals surface area contributed by atoms with Crippen molar-refractivity contribution in [2.45, 2.75) is 6.18 Å². The average molecular weight is 384 g/mol. The molecular formula is C16H9ClF3N3OS. The lowest BCUT2D eigenvalue weighted by Gasteiger charge is -2.07. The van der Waals surface area contributed by atoms with Gasteiger partial charge in [0.25, 0.3) is 5.91 Å². The molecule has 128 valence electrons. The molecule has 1 aromatic carbocycles. The number of halogens is 4. The van der Waals surface area contributed by atoms with Gasteiger partial charge < -0.3 is 0 Å². The molecule has 1 N–H and O–H groups in total. The Morgan fingerprint density at radius 2 is 1.92 bits per heavy atom. The Bertz CT molecular complexity index is 912. The molecule has 0 spiro atoms. The van der Waals surface area contributed by atoms with E-state index in [0.717, 1.165) is 17.4 Å². The van der Waals surface area contributed by atoms with E-state index in [1.165, 1.54) is 0 Å². The van der Waals surface area contributed by atoms with Crippen LogP contribution in [0.25, 0.3) is 11.4 Å². The molecule has 1 amide bonds. The van der Waals surface area contributed by atoms with Crippen molar-refractivity contribution < 1.29 is 18.0 Å². The molecule has 3 rings (SSSR count). The van der Waals surface area contributed by atoms with E-state index in [0.29, 0.717) is 16.9 Å². The predicted molar refractivity (Wildman–Crippen MR) is 89.8 cm³/mol. The summed E-state index contributed by atoms with van der Waals surface area (Å²) in [6.45, 7) is 0. The zero-order chi connectivity index (χ0) is 18.0. The first-order chi connectivity index (χ1) is 11.8. The molecular weight excluding hydrogens is 375 g/mol. The molecule has 0 aliphatic heterocycles. The first kappa shape index (κ1) is 17.4. The lowest BCUT2D eigenvalue weighted by Crippen LogP contribution is -2.11. The van der Waals surface area contributed by atoms with E-state index in [1.54, 1.807) is 35.7 Å². The third kappa shape index (κ3) is 3.97. The van der Waals surface area contributed by atoms with Gasteiger partial charge in [-0.2, -0.15) is 13.2 Å². The number of hydrogen-bond acceptors (Lipinski definition) is 4. The van der Waals surface area contributed by atoms with E-state index in [9.17, 15) is 18.0 Å². The van der Waals surface area contributed by atoms with Gasteiger partial charge in [-0.1, -0.05) is 29.8 Å². The third-order valence-electron chi connectivity index (χ3n) is 3.17. The Hall–Kier alpha value is -2.45. The normalized spacial score (nSPS) is 11.4. The molecule has 9 heteroatoms. The van der Waals surface area contributed by atoms with Crippen molar-refractivity contribution in [1.82, 2.24) is 9.97 Å². The Balaban J connectivity index is 1.81. The highest BCUT2D eigenvalue weighted by molar-refractivity contribution is 7.14. The van der Waals surface area contributed by atoms with Gasteiger partial charge in [0.1, 0.15) is 11.4 Å². The topological polar surface area (TPSA) is 54.9 Å². The van der Waals surface area contributed by atoms with Gasteiger partial charge in [-0.05, 0) is 18.2 Å². The van der Waals surface area contributed by atoms with Crippen LogP contribution < -0.4 is 5.32 Å². The first-order valence-corrected chi connectivity index (χ1v) is 8.15. The summed E-state index contributed by atoms with van der Waals surface area (Å²) in [7, 11) is 0.